The Morgan fingerprint density at radius 1 is 1.08 bits per heavy atom. The molecule has 0 amide bonds. The summed E-state index contributed by atoms with van der Waals surface area (Å²) in [5.74, 6) is 0. The molecule has 1 aromatic heterocycles. The van der Waals surface area contributed by atoms with Crippen LogP contribution in [0.25, 0.3) is 10.9 Å². The van der Waals surface area contributed by atoms with Gasteiger partial charge in [0.15, 0.2) is 0 Å². The zero-order chi connectivity index (χ0) is 18.2. The molecule has 0 atom stereocenters. The van der Waals surface area contributed by atoms with Crippen LogP contribution < -0.4 is 0 Å². The molecule has 0 saturated carbocycles. The molecule has 0 aliphatic rings. The maximum absolute atomic E-state index is 12.8. The molecule has 0 aliphatic carbocycles. The van der Waals surface area contributed by atoms with Crippen molar-refractivity contribution in [2.24, 2.45) is 0 Å². The van der Waals surface area contributed by atoms with Gasteiger partial charge in [-0.2, -0.15) is 0 Å². The summed E-state index contributed by atoms with van der Waals surface area (Å²) >= 11 is 2.55. The number of aromatic amines is 1. The van der Waals surface area contributed by atoms with Gasteiger partial charge in [-0.3, -0.25) is 0 Å². The van der Waals surface area contributed by atoms with Gasteiger partial charge in [0.25, 0.3) is 0 Å². The van der Waals surface area contributed by atoms with Crippen molar-refractivity contribution >= 4 is 52.9 Å². The average molecular weight is 504 g/mol. The Morgan fingerprint density at radius 3 is 2.40 bits per heavy atom. The Morgan fingerprint density at radius 2 is 1.76 bits per heavy atom. The van der Waals surface area contributed by atoms with Crippen LogP contribution in [-0.4, -0.2) is 18.9 Å². The summed E-state index contributed by atoms with van der Waals surface area (Å²) in [4.78, 5) is 2.91. The number of benzene rings is 2. The zero-order valence-electron chi connectivity index (χ0n) is 12.2. The second kappa shape index (κ2) is 6.78. The van der Waals surface area contributed by atoms with Crippen LogP contribution in [-0.2, 0) is 12.6 Å². The minimum absolute atomic E-state index is 0.385. The third kappa shape index (κ3) is 3.78. The Bertz CT molecular complexity index is 1010. The predicted molar refractivity (Wildman–Crippen MR) is 97.2 cm³/mol. The van der Waals surface area contributed by atoms with E-state index in [1.807, 2.05) is 0 Å². The molecule has 0 fully saturated rings. The van der Waals surface area contributed by atoms with Gasteiger partial charge in [0.1, 0.15) is 0 Å². The van der Waals surface area contributed by atoms with E-state index in [-0.39, 0.29) is 0 Å². The Balaban J connectivity index is 2.16. The quantitative estimate of drug-likeness (QED) is 0.396. The number of halogens is 5. The van der Waals surface area contributed by atoms with Crippen LogP contribution in [0.15, 0.2) is 54.7 Å². The summed E-state index contributed by atoms with van der Waals surface area (Å²) in [5.41, 5.74) is -4.85. The number of hydrogen-bond acceptors (Lipinski definition) is 3. The molecule has 3 aromatic rings. The first-order chi connectivity index (χ1) is 11.7. The van der Waals surface area contributed by atoms with Crippen molar-refractivity contribution < 1.29 is 24.1 Å². The number of alkyl halides is 3. The second-order valence-corrected chi connectivity index (χ2v) is 11.7. The number of rotatable bonds is 4. The molecule has 0 spiro atoms. The second-order valence-electron chi connectivity index (χ2n) is 4.83. The third-order valence-electron chi connectivity index (χ3n) is 3.14. The summed E-state index contributed by atoms with van der Waals surface area (Å²) in [6, 6.07) is 12.9. The van der Waals surface area contributed by atoms with Gasteiger partial charge in [-0.25, -0.2) is 0 Å². The molecule has 0 unspecified atom stereocenters. The van der Waals surface area contributed by atoms with Crippen molar-refractivity contribution in [3.05, 3.63) is 66.9 Å². The van der Waals surface area contributed by atoms with Crippen LogP contribution in [0.1, 0.15) is 0 Å². The monoisotopic (exact) mass is 503 g/mol. The Hall–Kier alpha value is -1.30. The first-order valence-electron chi connectivity index (χ1n) is 6.72. The van der Waals surface area contributed by atoms with Crippen LogP contribution >= 0.6 is 31.8 Å². The summed E-state index contributed by atoms with van der Waals surface area (Å²) in [6.07, 6.45) is 1.48. The first-order valence-corrected chi connectivity index (χ1v) is 11.5. The fourth-order valence-electron chi connectivity index (χ4n) is 2.04. The molecular weight excluding hydrogens is 494 g/mol. The molecule has 0 saturated heterocycles. The molecule has 25 heavy (non-hydrogen) atoms. The van der Waals surface area contributed by atoms with Crippen LogP contribution in [0.3, 0.4) is 0 Å². The van der Waals surface area contributed by atoms with Gasteiger partial charge in [-0.05, 0) is 0 Å². The van der Waals surface area contributed by atoms with Crippen molar-refractivity contribution in [2.75, 3.05) is 0 Å². The molecule has 0 aliphatic heterocycles. The van der Waals surface area contributed by atoms with Crippen LogP contribution in [0, 0.1) is 7.14 Å². The number of aromatic nitrogens is 1. The molecule has 3 rings (SSSR count). The molecule has 10 heteroatoms. The summed E-state index contributed by atoms with van der Waals surface area (Å²) < 4.78 is 67.1. The van der Waals surface area contributed by atoms with Crippen molar-refractivity contribution in [3.63, 3.8) is 0 Å². The summed E-state index contributed by atoms with van der Waals surface area (Å²) in [6.45, 7) is 0. The summed E-state index contributed by atoms with van der Waals surface area (Å²) in [7, 11) is -5.73. The van der Waals surface area contributed by atoms with E-state index in [4.69, 9.17) is 14.1 Å². The molecule has 1 heterocycles. The van der Waals surface area contributed by atoms with Gasteiger partial charge >= 0.3 is 154 Å². The number of nitrogens with one attached hydrogen (secondary N) is 1. The number of fused-ring (bicyclic) bond motifs is 1. The van der Waals surface area contributed by atoms with E-state index in [9.17, 15) is 21.6 Å². The van der Waals surface area contributed by atoms with E-state index in [0.717, 1.165) is 0 Å². The van der Waals surface area contributed by atoms with Crippen LogP contribution in [0.2, 0.25) is 5.02 Å². The van der Waals surface area contributed by atoms with E-state index in [0.29, 0.717) is 23.1 Å². The molecule has 0 bridgehead atoms. The average Bonchev–Trinajstić information content (AvgIpc) is 2.95. The SMILES string of the molecule is O=S(=O)(OI(c1ccccc1)c1c[nH]c2ccc(Cl)cc12)C(F)(F)F. The fraction of sp³-hybridized carbons (Fsp3) is 0.0667. The standard InChI is InChI=1S/C15H10ClF3INO3S/c16-10-6-7-14-12(8-10)13(9-21-14)20(11-4-2-1-3-5-11)24-25(22,23)15(17,18)19/h1-9,21H. The molecule has 134 valence electrons. The maximum atomic E-state index is 12.8. The molecular formula is C15H10ClF3INO3S. The number of H-pyrrole nitrogens is 1. The van der Waals surface area contributed by atoms with Crippen LogP contribution in [0.5, 0.6) is 0 Å². The van der Waals surface area contributed by atoms with Gasteiger partial charge in [0.2, 0.25) is 0 Å². The molecule has 0 radical (unpaired) electrons. The van der Waals surface area contributed by atoms with Gasteiger partial charge in [-0.15, -0.1) is 0 Å². The Kier molecular flexibility index (Phi) is 5.02. The van der Waals surface area contributed by atoms with Crippen molar-refractivity contribution in [3.8, 4) is 0 Å². The minimum atomic E-state index is -5.73. The zero-order valence-corrected chi connectivity index (χ0v) is 15.9. The first kappa shape index (κ1) is 18.5. The van der Waals surface area contributed by atoms with Gasteiger partial charge < -0.3 is 0 Å². The number of hydrogen-bond donors (Lipinski definition) is 1. The van der Waals surface area contributed by atoms with E-state index in [2.05, 4.69) is 4.98 Å². The van der Waals surface area contributed by atoms with E-state index in [1.54, 1.807) is 48.5 Å². The molecule has 2 aromatic carbocycles. The van der Waals surface area contributed by atoms with Crippen LogP contribution in [0.4, 0.5) is 13.2 Å². The van der Waals surface area contributed by atoms with Crippen molar-refractivity contribution in [2.45, 2.75) is 5.51 Å². The van der Waals surface area contributed by atoms with E-state index >= 15 is 0 Å². The molecule has 1 N–H and O–H groups in total. The van der Waals surface area contributed by atoms with Crippen molar-refractivity contribution in [1.29, 1.82) is 0 Å². The van der Waals surface area contributed by atoms with Gasteiger partial charge in [0.05, 0.1) is 0 Å². The predicted octanol–water partition coefficient (Wildman–Crippen LogP) is 5.15. The fourth-order valence-corrected chi connectivity index (χ4v) is 8.97. The normalized spacial score (nSPS) is 13.2. The third-order valence-corrected chi connectivity index (χ3v) is 10.5. The summed E-state index contributed by atoms with van der Waals surface area (Å²) in [5, 5.41) is 0.926. The van der Waals surface area contributed by atoms with E-state index in [1.165, 1.54) is 6.20 Å². The Labute approximate surface area is 154 Å². The van der Waals surface area contributed by atoms with Gasteiger partial charge in [0, 0.05) is 0 Å². The molecule has 4 nitrogen and oxygen atoms in total. The topological polar surface area (TPSA) is 59.2 Å². The van der Waals surface area contributed by atoms with Gasteiger partial charge in [-0.1, -0.05) is 0 Å². The van der Waals surface area contributed by atoms with Crippen molar-refractivity contribution in [1.82, 2.24) is 4.98 Å². The van der Waals surface area contributed by atoms with E-state index < -0.39 is 35.9 Å².